The van der Waals surface area contributed by atoms with E-state index in [9.17, 15) is 9.59 Å². The van der Waals surface area contributed by atoms with Crippen molar-refractivity contribution in [2.24, 2.45) is 0 Å². The van der Waals surface area contributed by atoms with Crippen LogP contribution in [-0.2, 0) is 9.59 Å². The maximum atomic E-state index is 10.8. The van der Waals surface area contributed by atoms with Crippen molar-refractivity contribution in [1.82, 2.24) is 5.32 Å². The first kappa shape index (κ1) is 7.93. The summed E-state index contributed by atoms with van der Waals surface area (Å²) in [7, 11) is 0. The fourth-order valence-electron chi connectivity index (χ4n) is 0.777. The molecule has 1 fully saturated rings. The third-order valence-electron chi connectivity index (χ3n) is 1.29. The SMILES string of the molecule is CI(O)C1CC(=O)NC1=O. The van der Waals surface area contributed by atoms with E-state index < -0.39 is 20.2 Å². The van der Waals surface area contributed by atoms with Crippen molar-refractivity contribution in [3.8, 4) is 0 Å². The summed E-state index contributed by atoms with van der Waals surface area (Å²) < 4.78 is 8.71. The van der Waals surface area contributed by atoms with Crippen molar-refractivity contribution >= 4 is 32.0 Å². The number of rotatable bonds is 1. The molecule has 0 radical (unpaired) electrons. The molecule has 1 heterocycles. The van der Waals surface area contributed by atoms with E-state index >= 15 is 0 Å². The van der Waals surface area contributed by atoms with Gasteiger partial charge in [-0.2, -0.15) is 0 Å². The Balaban J connectivity index is 2.63. The first-order valence-electron chi connectivity index (χ1n) is 2.72. The van der Waals surface area contributed by atoms with Crippen LogP contribution in [0.3, 0.4) is 0 Å². The van der Waals surface area contributed by atoms with E-state index in [-0.39, 0.29) is 22.2 Å². The second-order valence-corrected chi connectivity index (χ2v) is 6.34. The van der Waals surface area contributed by atoms with Crippen LogP contribution in [0.25, 0.3) is 0 Å². The molecule has 1 unspecified atom stereocenters. The van der Waals surface area contributed by atoms with Crippen molar-refractivity contribution < 1.29 is 13.0 Å². The number of carbonyl (C=O) groups is 2. The molecule has 0 bridgehead atoms. The van der Waals surface area contributed by atoms with Gasteiger partial charge >= 0.3 is 65.7 Å². The third kappa shape index (κ3) is 1.46. The summed E-state index contributed by atoms with van der Waals surface area (Å²) in [6, 6.07) is 0. The van der Waals surface area contributed by atoms with Gasteiger partial charge in [0, 0.05) is 0 Å². The third-order valence-corrected chi connectivity index (χ3v) is 4.48. The molecule has 1 atom stereocenters. The predicted molar refractivity (Wildman–Crippen MR) is 43.7 cm³/mol. The Hall–Kier alpha value is -0.170. The van der Waals surface area contributed by atoms with Gasteiger partial charge in [0.25, 0.3) is 0 Å². The molecular weight excluding hydrogens is 249 g/mol. The first-order chi connectivity index (χ1) is 4.61. The Kier molecular flexibility index (Phi) is 2.24. The van der Waals surface area contributed by atoms with Gasteiger partial charge in [-0.3, -0.25) is 0 Å². The van der Waals surface area contributed by atoms with Gasteiger partial charge in [0.05, 0.1) is 0 Å². The standard InChI is InChI=1S/C5H8INO3/c1-6(10)3-2-4(8)7-5(3)9/h3,10H,2H2,1H3,(H,7,8,9). The minimum absolute atomic E-state index is 0.191. The molecule has 0 aromatic carbocycles. The van der Waals surface area contributed by atoms with E-state index in [4.69, 9.17) is 3.44 Å². The summed E-state index contributed by atoms with van der Waals surface area (Å²) in [5.41, 5.74) is 0. The molecule has 4 nitrogen and oxygen atoms in total. The van der Waals surface area contributed by atoms with Crippen LogP contribution in [0.5, 0.6) is 0 Å². The molecule has 1 aliphatic heterocycles. The van der Waals surface area contributed by atoms with Gasteiger partial charge in [-0.15, -0.1) is 0 Å². The molecule has 0 spiro atoms. The van der Waals surface area contributed by atoms with Gasteiger partial charge in [0.2, 0.25) is 0 Å². The van der Waals surface area contributed by atoms with Crippen LogP contribution in [0.4, 0.5) is 0 Å². The number of hydrogen-bond donors (Lipinski definition) is 2. The van der Waals surface area contributed by atoms with Crippen molar-refractivity contribution in [2.45, 2.75) is 10.3 Å². The van der Waals surface area contributed by atoms with Crippen LogP contribution in [-0.4, -0.2) is 24.1 Å². The van der Waals surface area contributed by atoms with E-state index in [0.29, 0.717) is 0 Å². The zero-order chi connectivity index (χ0) is 7.72. The van der Waals surface area contributed by atoms with Crippen molar-refractivity contribution in [2.75, 3.05) is 4.93 Å². The molecule has 10 heavy (non-hydrogen) atoms. The van der Waals surface area contributed by atoms with Crippen LogP contribution in [0.2, 0.25) is 0 Å². The van der Waals surface area contributed by atoms with Gasteiger partial charge in [-0.25, -0.2) is 0 Å². The van der Waals surface area contributed by atoms with E-state index in [2.05, 4.69) is 5.32 Å². The molecule has 0 aliphatic carbocycles. The summed E-state index contributed by atoms with van der Waals surface area (Å²) in [6.07, 6.45) is 0.191. The van der Waals surface area contributed by atoms with Crippen LogP contribution in [0, 0.1) is 0 Å². The quantitative estimate of drug-likeness (QED) is 0.376. The predicted octanol–water partition coefficient (Wildman–Crippen LogP) is -0.555. The molecule has 2 N–H and O–H groups in total. The normalized spacial score (nSPS) is 26.6. The molecule has 0 aromatic rings. The summed E-state index contributed by atoms with van der Waals surface area (Å²) in [5.74, 6) is -0.548. The number of alkyl halides is 2. The zero-order valence-corrected chi connectivity index (χ0v) is 7.58. The fourth-order valence-corrected chi connectivity index (χ4v) is 2.79. The molecule has 58 valence electrons. The van der Waals surface area contributed by atoms with E-state index in [1.807, 2.05) is 0 Å². The molecule has 1 rings (SSSR count). The van der Waals surface area contributed by atoms with E-state index in [1.165, 1.54) is 0 Å². The number of hydrogen-bond acceptors (Lipinski definition) is 3. The molecule has 0 aromatic heterocycles. The van der Waals surface area contributed by atoms with Gasteiger partial charge in [-0.05, 0) is 0 Å². The Labute approximate surface area is 65.9 Å². The number of nitrogens with one attached hydrogen (secondary N) is 1. The molecule has 0 saturated carbocycles. The van der Waals surface area contributed by atoms with Crippen LogP contribution in [0.15, 0.2) is 0 Å². The second-order valence-electron chi connectivity index (χ2n) is 2.07. The van der Waals surface area contributed by atoms with Gasteiger partial charge in [0.1, 0.15) is 0 Å². The van der Waals surface area contributed by atoms with E-state index in [1.54, 1.807) is 4.93 Å². The molecule has 1 saturated heterocycles. The molecule has 1 aliphatic rings. The summed E-state index contributed by atoms with van der Waals surface area (Å²) in [6.45, 7) is 0. The molecular formula is C5H8INO3. The Morgan fingerprint density at radius 1 is 1.70 bits per heavy atom. The second kappa shape index (κ2) is 2.83. The Morgan fingerprint density at radius 3 is 2.50 bits per heavy atom. The number of halogens is 1. The number of amides is 2. The molecule has 2 amide bonds. The Morgan fingerprint density at radius 2 is 2.30 bits per heavy atom. The van der Waals surface area contributed by atoms with Crippen molar-refractivity contribution in [1.29, 1.82) is 0 Å². The summed E-state index contributed by atoms with van der Waals surface area (Å²) in [4.78, 5) is 23.0. The minimum atomic E-state index is -2.11. The van der Waals surface area contributed by atoms with Crippen LogP contribution in [0.1, 0.15) is 6.42 Å². The monoisotopic (exact) mass is 257 g/mol. The van der Waals surface area contributed by atoms with Crippen LogP contribution < -0.4 is 5.32 Å². The number of imide groups is 1. The average Bonchev–Trinajstić information content (AvgIpc) is 2.10. The van der Waals surface area contributed by atoms with Crippen molar-refractivity contribution in [3.05, 3.63) is 0 Å². The van der Waals surface area contributed by atoms with Crippen LogP contribution >= 0.6 is 20.2 Å². The van der Waals surface area contributed by atoms with Gasteiger partial charge in [-0.1, -0.05) is 0 Å². The summed E-state index contributed by atoms with van der Waals surface area (Å²) >= 11 is -2.11. The molecule has 5 heteroatoms. The Bertz CT molecular complexity index is 180. The first-order valence-corrected chi connectivity index (χ1v) is 7.09. The average molecular weight is 257 g/mol. The van der Waals surface area contributed by atoms with E-state index in [0.717, 1.165) is 0 Å². The number of carbonyl (C=O) groups excluding carboxylic acids is 2. The summed E-state index contributed by atoms with van der Waals surface area (Å²) in [5, 5.41) is 2.15. The van der Waals surface area contributed by atoms with Gasteiger partial charge < -0.3 is 0 Å². The maximum absolute atomic E-state index is 10.8. The van der Waals surface area contributed by atoms with Crippen molar-refractivity contribution in [3.63, 3.8) is 0 Å². The zero-order valence-electron chi connectivity index (χ0n) is 5.43. The van der Waals surface area contributed by atoms with Gasteiger partial charge in [0.15, 0.2) is 0 Å². The fraction of sp³-hybridized carbons (Fsp3) is 0.600. The topological polar surface area (TPSA) is 66.4 Å².